The van der Waals surface area contributed by atoms with E-state index in [1.165, 1.54) is 6.20 Å². The summed E-state index contributed by atoms with van der Waals surface area (Å²) >= 11 is 5.77. The predicted octanol–water partition coefficient (Wildman–Crippen LogP) is 1.64. The van der Waals surface area contributed by atoms with E-state index in [9.17, 15) is 0 Å². The lowest BCUT2D eigenvalue weighted by atomic mass is 10.3. The molecule has 15 heavy (non-hydrogen) atoms. The maximum absolute atomic E-state index is 5.77. The van der Waals surface area contributed by atoms with E-state index in [1.54, 1.807) is 6.07 Å². The van der Waals surface area contributed by atoms with E-state index in [0.717, 1.165) is 0 Å². The van der Waals surface area contributed by atoms with Gasteiger partial charge in [-0.25, -0.2) is 4.98 Å². The van der Waals surface area contributed by atoms with Crippen LogP contribution >= 0.6 is 24.0 Å². The highest BCUT2D eigenvalue weighted by molar-refractivity contribution is 6.31. The topological polar surface area (TPSA) is 74.2 Å². The van der Waals surface area contributed by atoms with Gasteiger partial charge in [0.25, 0.3) is 11.6 Å². The highest BCUT2D eigenvalue weighted by atomic mass is 35.5. The minimum atomic E-state index is 0. The van der Waals surface area contributed by atoms with Crippen LogP contribution in [0, 0.1) is 0 Å². The smallest absolute Gasteiger partial charge is 0.264 e. The Balaban J connectivity index is 0.00000112. The quantitative estimate of drug-likeness (QED) is 0.896. The molecular formula is C8H9Cl2N3O2. The third kappa shape index (κ3) is 2.50. The van der Waals surface area contributed by atoms with Gasteiger partial charge in [0.1, 0.15) is 12.0 Å². The normalized spacial score (nSPS) is 10.0. The Hall–Kier alpha value is -1.04. The largest absolute Gasteiger partial charge is 0.474 e. The number of fused-ring (bicyclic) bond motifs is 1. The van der Waals surface area contributed by atoms with Gasteiger partial charge in [-0.1, -0.05) is 11.6 Å². The van der Waals surface area contributed by atoms with Gasteiger partial charge in [-0.15, -0.1) is 12.4 Å². The highest BCUT2D eigenvalue weighted by Gasteiger charge is 2.10. The van der Waals surface area contributed by atoms with E-state index in [1.807, 2.05) is 0 Å². The molecule has 0 unspecified atom stereocenters. The molecule has 2 rings (SSSR count). The summed E-state index contributed by atoms with van der Waals surface area (Å²) in [6, 6.07) is 1.69. The van der Waals surface area contributed by atoms with E-state index >= 15 is 0 Å². The average Bonchev–Trinajstić information content (AvgIpc) is 2.57. The molecule has 0 aliphatic rings. The molecule has 0 bridgehead atoms. The van der Waals surface area contributed by atoms with Gasteiger partial charge in [0.15, 0.2) is 0 Å². The first-order valence-corrected chi connectivity index (χ1v) is 4.43. The lowest BCUT2D eigenvalue weighted by Gasteiger charge is -1.98. The Morgan fingerprint density at radius 3 is 3.07 bits per heavy atom. The molecule has 0 aromatic carbocycles. The number of ether oxygens (including phenoxy) is 1. The van der Waals surface area contributed by atoms with Gasteiger partial charge in [-0.05, 0) is 11.2 Å². The standard InChI is InChI=1S/C8H8ClN3O2.ClH/c9-5-3-6-7(11-4-5)14-12-8(6)13-2-1-10;/h3-4H,1-2,10H2;1H. The zero-order chi connectivity index (χ0) is 9.97. The molecule has 0 aliphatic heterocycles. The summed E-state index contributed by atoms with van der Waals surface area (Å²) in [5.74, 6) is 0.375. The lowest BCUT2D eigenvalue weighted by molar-refractivity contribution is 0.292. The fourth-order valence-electron chi connectivity index (χ4n) is 1.05. The van der Waals surface area contributed by atoms with Crippen LogP contribution in [-0.2, 0) is 0 Å². The van der Waals surface area contributed by atoms with Crippen molar-refractivity contribution in [1.29, 1.82) is 0 Å². The van der Waals surface area contributed by atoms with E-state index in [4.69, 9.17) is 26.6 Å². The van der Waals surface area contributed by atoms with Crippen LogP contribution in [0.1, 0.15) is 0 Å². The number of aromatic nitrogens is 2. The van der Waals surface area contributed by atoms with Crippen LogP contribution in [0.15, 0.2) is 16.8 Å². The van der Waals surface area contributed by atoms with Gasteiger partial charge in [0.05, 0.1) is 5.02 Å². The number of hydrogen-bond donors (Lipinski definition) is 1. The van der Waals surface area contributed by atoms with Crippen LogP contribution in [0.5, 0.6) is 5.88 Å². The molecule has 0 saturated carbocycles. The van der Waals surface area contributed by atoms with Gasteiger partial charge in [0, 0.05) is 12.7 Å². The number of rotatable bonds is 3. The molecule has 0 fully saturated rings. The summed E-state index contributed by atoms with van der Waals surface area (Å²) in [5, 5.41) is 4.87. The number of pyridine rings is 1. The minimum Gasteiger partial charge on any atom is -0.474 e. The molecule has 0 radical (unpaired) electrons. The molecule has 0 amide bonds. The summed E-state index contributed by atoms with van der Waals surface area (Å²) in [6.45, 7) is 0.802. The van der Waals surface area contributed by atoms with Gasteiger partial charge >= 0.3 is 0 Å². The average molecular weight is 250 g/mol. The van der Waals surface area contributed by atoms with Crippen molar-refractivity contribution in [2.75, 3.05) is 13.2 Å². The Bertz CT molecular complexity index is 446. The fraction of sp³-hybridized carbons (Fsp3) is 0.250. The summed E-state index contributed by atoms with van der Waals surface area (Å²) < 4.78 is 10.2. The van der Waals surface area contributed by atoms with Crippen molar-refractivity contribution in [3.05, 3.63) is 17.3 Å². The molecule has 5 nitrogen and oxygen atoms in total. The van der Waals surface area contributed by atoms with E-state index in [2.05, 4.69) is 10.1 Å². The third-order valence-electron chi connectivity index (χ3n) is 1.62. The van der Waals surface area contributed by atoms with Crippen LogP contribution in [0.4, 0.5) is 0 Å². The number of nitrogens with two attached hydrogens (primary N) is 1. The first kappa shape index (κ1) is 12.0. The molecule has 2 aromatic rings. The van der Waals surface area contributed by atoms with E-state index in [-0.39, 0.29) is 12.4 Å². The molecular weight excluding hydrogens is 241 g/mol. The van der Waals surface area contributed by atoms with Crippen LogP contribution in [0.25, 0.3) is 11.1 Å². The van der Waals surface area contributed by atoms with E-state index in [0.29, 0.717) is 35.2 Å². The van der Waals surface area contributed by atoms with Crippen molar-refractivity contribution in [2.45, 2.75) is 0 Å². The molecule has 7 heteroatoms. The van der Waals surface area contributed by atoms with Crippen LogP contribution in [-0.4, -0.2) is 23.3 Å². The van der Waals surface area contributed by atoms with E-state index < -0.39 is 0 Å². The second kappa shape index (κ2) is 5.16. The Labute approximate surface area is 96.9 Å². The molecule has 0 spiro atoms. The third-order valence-corrected chi connectivity index (χ3v) is 1.83. The lowest BCUT2D eigenvalue weighted by Crippen LogP contribution is -2.10. The zero-order valence-electron chi connectivity index (χ0n) is 7.64. The van der Waals surface area contributed by atoms with Crippen LogP contribution < -0.4 is 10.5 Å². The molecule has 0 atom stereocenters. The predicted molar refractivity (Wildman–Crippen MR) is 58.6 cm³/mol. The maximum Gasteiger partial charge on any atom is 0.264 e. The van der Waals surface area contributed by atoms with Gasteiger partial charge in [-0.3, -0.25) is 0 Å². The van der Waals surface area contributed by atoms with Crippen molar-refractivity contribution >= 4 is 35.1 Å². The second-order valence-electron chi connectivity index (χ2n) is 2.63. The summed E-state index contributed by atoms with van der Waals surface area (Å²) in [7, 11) is 0. The van der Waals surface area contributed by atoms with Crippen LogP contribution in [0.3, 0.4) is 0 Å². The molecule has 82 valence electrons. The number of nitrogens with zero attached hydrogens (tertiary/aromatic N) is 2. The van der Waals surface area contributed by atoms with Gasteiger partial charge < -0.3 is 15.0 Å². The summed E-state index contributed by atoms with van der Waals surface area (Å²) in [6.07, 6.45) is 1.49. The van der Waals surface area contributed by atoms with Crippen molar-refractivity contribution in [1.82, 2.24) is 10.1 Å². The number of hydrogen-bond acceptors (Lipinski definition) is 5. The Kier molecular flexibility index (Phi) is 4.14. The summed E-state index contributed by atoms with van der Waals surface area (Å²) in [5.41, 5.74) is 5.70. The van der Waals surface area contributed by atoms with Crippen molar-refractivity contribution in [3.8, 4) is 5.88 Å². The van der Waals surface area contributed by atoms with Gasteiger partial charge in [0.2, 0.25) is 0 Å². The second-order valence-corrected chi connectivity index (χ2v) is 3.07. The van der Waals surface area contributed by atoms with Crippen LogP contribution in [0.2, 0.25) is 5.02 Å². The summed E-state index contributed by atoms with van der Waals surface area (Å²) in [4.78, 5) is 3.94. The molecule has 2 aromatic heterocycles. The van der Waals surface area contributed by atoms with Crippen molar-refractivity contribution in [3.63, 3.8) is 0 Å². The molecule has 2 heterocycles. The fourth-order valence-corrected chi connectivity index (χ4v) is 1.20. The highest BCUT2D eigenvalue weighted by Crippen LogP contribution is 2.25. The minimum absolute atomic E-state index is 0. The van der Waals surface area contributed by atoms with Crippen molar-refractivity contribution in [2.24, 2.45) is 5.73 Å². The Morgan fingerprint density at radius 2 is 2.33 bits per heavy atom. The molecule has 0 aliphatic carbocycles. The van der Waals surface area contributed by atoms with Gasteiger partial charge in [-0.2, -0.15) is 0 Å². The zero-order valence-corrected chi connectivity index (χ0v) is 9.22. The SMILES string of the molecule is Cl.NCCOc1noc2ncc(Cl)cc12. The molecule has 2 N–H and O–H groups in total. The number of halogens is 2. The first-order valence-electron chi connectivity index (χ1n) is 4.05. The van der Waals surface area contributed by atoms with Crippen molar-refractivity contribution < 1.29 is 9.26 Å². The first-order chi connectivity index (χ1) is 6.81. The monoisotopic (exact) mass is 249 g/mol. The molecule has 0 saturated heterocycles. The Morgan fingerprint density at radius 1 is 1.53 bits per heavy atom. The maximum atomic E-state index is 5.77.